The summed E-state index contributed by atoms with van der Waals surface area (Å²) in [5.41, 5.74) is 2.29. The van der Waals surface area contributed by atoms with Gasteiger partial charge in [0.2, 0.25) is 11.8 Å². The molecule has 1 fully saturated rings. The summed E-state index contributed by atoms with van der Waals surface area (Å²) in [7, 11) is 0. The summed E-state index contributed by atoms with van der Waals surface area (Å²) in [6, 6.07) is 10.0. The van der Waals surface area contributed by atoms with Crippen molar-refractivity contribution in [2.75, 3.05) is 13.1 Å². The van der Waals surface area contributed by atoms with Crippen LogP contribution in [0.5, 0.6) is 0 Å². The number of benzene rings is 1. The molecular weight excluding hydrogens is 316 g/mol. The molecule has 1 N–H and O–H groups in total. The standard InChI is InChI=1S/C19H24N4O2/c1-15-4-6-16(7-5-15)13-22-14-17(12-18(22)24)19(25)20-8-2-10-23-11-3-9-21-23/h3-7,9,11,17H,2,8,10,12-14H2,1H3,(H,20,25). The van der Waals surface area contributed by atoms with Gasteiger partial charge < -0.3 is 10.2 Å². The van der Waals surface area contributed by atoms with Crippen LogP contribution in [0.25, 0.3) is 0 Å². The number of aromatic nitrogens is 2. The third kappa shape index (κ3) is 4.68. The summed E-state index contributed by atoms with van der Waals surface area (Å²) < 4.78 is 1.84. The Morgan fingerprint density at radius 3 is 2.84 bits per heavy atom. The van der Waals surface area contributed by atoms with E-state index < -0.39 is 0 Å². The number of amides is 2. The van der Waals surface area contributed by atoms with Crippen molar-refractivity contribution in [2.24, 2.45) is 5.92 Å². The molecule has 1 unspecified atom stereocenters. The van der Waals surface area contributed by atoms with Crippen LogP contribution in [0.15, 0.2) is 42.7 Å². The first-order valence-electron chi connectivity index (χ1n) is 8.70. The predicted octanol–water partition coefficient (Wildman–Crippen LogP) is 1.75. The molecular formula is C19H24N4O2. The molecule has 1 aliphatic rings. The maximum atomic E-state index is 12.3. The Labute approximate surface area is 147 Å². The highest BCUT2D eigenvalue weighted by Gasteiger charge is 2.33. The molecule has 3 rings (SSSR count). The number of hydrogen-bond acceptors (Lipinski definition) is 3. The first kappa shape index (κ1) is 17.2. The van der Waals surface area contributed by atoms with Gasteiger partial charge in [-0.05, 0) is 25.0 Å². The zero-order valence-electron chi connectivity index (χ0n) is 14.5. The van der Waals surface area contributed by atoms with Crippen LogP contribution in [-0.4, -0.2) is 39.6 Å². The molecule has 1 aromatic heterocycles. The number of carbonyl (C=O) groups excluding carboxylic acids is 2. The number of nitrogens with zero attached hydrogens (tertiary/aromatic N) is 3. The lowest BCUT2D eigenvalue weighted by atomic mass is 10.1. The molecule has 2 heterocycles. The van der Waals surface area contributed by atoms with Gasteiger partial charge in [-0.25, -0.2) is 0 Å². The monoisotopic (exact) mass is 340 g/mol. The second-order valence-electron chi connectivity index (χ2n) is 6.57. The Morgan fingerprint density at radius 2 is 2.12 bits per heavy atom. The maximum Gasteiger partial charge on any atom is 0.225 e. The van der Waals surface area contributed by atoms with Crippen LogP contribution < -0.4 is 5.32 Å². The fraction of sp³-hybridized carbons (Fsp3) is 0.421. The van der Waals surface area contributed by atoms with Crippen molar-refractivity contribution >= 4 is 11.8 Å². The maximum absolute atomic E-state index is 12.3. The largest absolute Gasteiger partial charge is 0.356 e. The summed E-state index contributed by atoms with van der Waals surface area (Å²) in [5.74, 6) is -0.222. The number of rotatable bonds is 7. The summed E-state index contributed by atoms with van der Waals surface area (Å²) >= 11 is 0. The Bertz CT molecular complexity index is 710. The third-order valence-electron chi connectivity index (χ3n) is 4.50. The molecule has 6 nitrogen and oxygen atoms in total. The van der Waals surface area contributed by atoms with E-state index in [1.165, 1.54) is 5.56 Å². The summed E-state index contributed by atoms with van der Waals surface area (Å²) in [4.78, 5) is 26.2. The van der Waals surface area contributed by atoms with E-state index in [0.29, 0.717) is 26.1 Å². The van der Waals surface area contributed by atoms with E-state index in [4.69, 9.17) is 0 Å². The van der Waals surface area contributed by atoms with Gasteiger partial charge in [0, 0.05) is 45.0 Å². The van der Waals surface area contributed by atoms with Crippen LogP contribution in [0.4, 0.5) is 0 Å². The molecule has 25 heavy (non-hydrogen) atoms. The zero-order chi connectivity index (χ0) is 17.6. The van der Waals surface area contributed by atoms with Crippen molar-refractivity contribution in [2.45, 2.75) is 32.9 Å². The van der Waals surface area contributed by atoms with Crippen LogP contribution in [0.2, 0.25) is 0 Å². The van der Waals surface area contributed by atoms with Crippen LogP contribution in [-0.2, 0) is 22.7 Å². The van der Waals surface area contributed by atoms with E-state index in [1.807, 2.05) is 48.1 Å². The molecule has 1 atom stereocenters. The van der Waals surface area contributed by atoms with Gasteiger partial charge in [0.05, 0.1) is 5.92 Å². The second kappa shape index (κ2) is 7.96. The summed E-state index contributed by atoms with van der Waals surface area (Å²) in [5, 5.41) is 7.07. The Hall–Kier alpha value is -2.63. The number of nitrogens with one attached hydrogen (secondary N) is 1. The van der Waals surface area contributed by atoms with Crippen LogP contribution in [0.3, 0.4) is 0 Å². The van der Waals surface area contributed by atoms with Gasteiger partial charge in [-0.2, -0.15) is 5.10 Å². The van der Waals surface area contributed by atoms with Gasteiger partial charge in [0.1, 0.15) is 0 Å². The fourth-order valence-electron chi connectivity index (χ4n) is 3.04. The lowest BCUT2D eigenvalue weighted by Gasteiger charge is -2.17. The summed E-state index contributed by atoms with van der Waals surface area (Å²) in [6.45, 7) is 4.48. The van der Waals surface area contributed by atoms with Gasteiger partial charge in [-0.3, -0.25) is 14.3 Å². The van der Waals surface area contributed by atoms with E-state index in [1.54, 1.807) is 11.1 Å². The topological polar surface area (TPSA) is 67.2 Å². The molecule has 0 spiro atoms. The molecule has 0 radical (unpaired) electrons. The quantitative estimate of drug-likeness (QED) is 0.781. The molecule has 2 aromatic rings. The number of aryl methyl sites for hydroxylation is 2. The predicted molar refractivity (Wildman–Crippen MR) is 94.6 cm³/mol. The van der Waals surface area contributed by atoms with E-state index in [0.717, 1.165) is 18.5 Å². The van der Waals surface area contributed by atoms with Gasteiger partial charge >= 0.3 is 0 Å². The molecule has 0 bridgehead atoms. The Kier molecular flexibility index (Phi) is 5.48. The minimum absolute atomic E-state index is 0.0276. The number of carbonyl (C=O) groups is 2. The SMILES string of the molecule is Cc1ccc(CN2CC(C(=O)NCCCn3cccn3)CC2=O)cc1. The molecule has 1 saturated heterocycles. The van der Waals surface area contributed by atoms with Crippen molar-refractivity contribution < 1.29 is 9.59 Å². The third-order valence-corrected chi connectivity index (χ3v) is 4.50. The molecule has 132 valence electrons. The first-order valence-corrected chi connectivity index (χ1v) is 8.70. The van der Waals surface area contributed by atoms with Crippen molar-refractivity contribution in [3.05, 3.63) is 53.9 Å². The molecule has 0 aliphatic carbocycles. The second-order valence-corrected chi connectivity index (χ2v) is 6.57. The Balaban J connectivity index is 1.43. The van der Waals surface area contributed by atoms with E-state index in [2.05, 4.69) is 10.4 Å². The highest BCUT2D eigenvalue weighted by Crippen LogP contribution is 2.20. The smallest absolute Gasteiger partial charge is 0.225 e. The van der Waals surface area contributed by atoms with Crippen LogP contribution >= 0.6 is 0 Å². The highest BCUT2D eigenvalue weighted by molar-refractivity contribution is 5.89. The Morgan fingerprint density at radius 1 is 1.32 bits per heavy atom. The molecule has 0 saturated carbocycles. The van der Waals surface area contributed by atoms with Crippen LogP contribution in [0.1, 0.15) is 24.0 Å². The fourth-order valence-corrected chi connectivity index (χ4v) is 3.04. The van der Waals surface area contributed by atoms with Gasteiger partial charge in [0.25, 0.3) is 0 Å². The van der Waals surface area contributed by atoms with E-state index in [9.17, 15) is 9.59 Å². The molecule has 6 heteroatoms. The van der Waals surface area contributed by atoms with Crippen molar-refractivity contribution in [3.63, 3.8) is 0 Å². The molecule has 1 aromatic carbocycles. The first-order chi connectivity index (χ1) is 12.1. The zero-order valence-corrected chi connectivity index (χ0v) is 14.5. The lowest BCUT2D eigenvalue weighted by molar-refractivity contribution is -0.129. The minimum Gasteiger partial charge on any atom is -0.356 e. The van der Waals surface area contributed by atoms with Gasteiger partial charge in [-0.15, -0.1) is 0 Å². The van der Waals surface area contributed by atoms with E-state index >= 15 is 0 Å². The molecule has 1 aliphatic heterocycles. The molecule has 2 amide bonds. The summed E-state index contributed by atoms with van der Waals surface area (Å²) in [6.07, 6.45) is 4.77. The normalized spacial score (nSPS) is 17.1. The van der Waals surface area contributed by atoms with Gasteiger partial charge in [0.15, 0.2) is 0 Å². The van der Waals surface area contributed by atoms with Crippen LogP contribution in [0, 0.1) is 12.8 Å². The highest BCUT2D eigenvalue weighted by atomic mass is 16.2. The van der Waals surface area contributed by atoms with Crippen molar-refractivity contribution in [3.8, 4) is 0 Å². The van der Waals surface area contributed by atoms with Gasteiger partial charge in [-0.1, -0.05) is 29.8 Å². The van der Waals surface area contributed by atoms with E-state index in [-0.39, 0.29) is 17.7 Å². The number of hydrogen-bond donors (Lipinski definition) is 1. The number of likely N-dealkylation sites (tertiary alicyclic amines) is 1. The average Bonchev–Trinajstić information content (AvgIpc) is 3.24. The average molecular weight is 340 g/mol. The minimum atomic E-state index is -0.248. The van der Waals surface area contributed by atoms with Crippen molar-refractivity contribution in [1.82, 2.24) is 20.0 Å². The lowest BCUT2D eigenvalue weighted by Crippen LogP contribution is -2.33. The van der Waals surface area contributed by atoms with Crippen molar-refractivity contribution in [1.29, 1.82) is 0 Å².